The second kappa shape index (κ2) is 9.41. The number of nitrogens with zero attached hydrogens (tertiary/aromatic N) is 2. The lowest BCUT2D eigenvalue weighted by molar-refractivity contribution is -0.131. The van der Waals surface area contributed by atoms with E-state index in [0.29, 0.717) is 50.3 Å². The molecular formula is C22H28N2O4S. The minimum atomic E-state index is -3.53. The average Bonchev–Trinajstić information content (AvgIpc) is 2.99. The lowest BCUT2D eigenvalue weighted by Crippen LogP contribution is -2.37. The molecule has 6 nitrogen and oxygen atoms in total. The third-order valence-electron chi connectivity index (χ3n) is 5.25. The Hall–Kier alpha value is -2.38. The Bertz CT molecular complexity index is 924. The third kappa shape index (κ3) is 5.36. The molecule has 1 aliphatic heterocycles. The Kier molecular flexibility index (Phi) is 6.92. The molecule has 0 atom stereocenters. The fraction of sp³-hybridized carbons (Fsp3) is 0.409. The SMILES string of the molecule is COc1ccc(CCC(=O)N2CCCN(S(=O)(=O)c3ccc(C)cc3)CC2)cc1. The first kappa shape index (κ1) is 21.3. The second-order valence-corrected chi connectivity index (χ2v) is 9.24. The predicted octanol–water partition coefficient (Wildman–Crippen LogP) is 2.86. The summed E-state index contributed by atoms with van der Waals surface area (Å²) in [6, 6.07) is 14.6. The van der Waals surface area contributed by atoms with E-state index in [1.54, 1.807) is 36.3 Å². The summed E-state index contributed by atoms with van der Waals surface area (Å²) in [5.74, 6) is 0.859. The van der Waals surface area contributed by atoms with Crippen molar-refractivity contribution in [3.05, 3.63) is 59.7 Å². The van der Waals surface area contributed by atoms with Gasteiger partial charge in [-0.05, 0) is 49.6 Å². The molecule has 1 heterocycles. The molecule has 3 rings (SSSR count). The van der Waals surface area contributed by atoms with Gasteiger partial charge in [0.1, 0.15) is 5.75 Å². The first-order chi connectivity index (χ1) is 13.9. The highest BCUT2D eigenvalue weighted by atomic mass is 32.2. The smallest absolute Gasteiger partial charge is 0.243 e. The van der Waals surface area contributed by atoms with Crippen LogP contribution in [0.4, 0.5) is 0 Å². The minimum absolute atomic E-state index is 0.0652. The van der Waals surface area contributed by atoms with Crippen LogP contribution in [0.5, 0.6) is 5.75 Å². The van der Waals surface area contributed by atoms with Crippen molar-refractivity contribution in [1.82, 2.24) is 9.21 Å². The van der Waals surface area contributed by atoms with Crippen LogP contribution in [0.1, 0.15) is 24.0 Å². The molecule has 1 aliphatic rings. The fourth-order valence-corrected chi connectivity index (χ4v) is 4.91. The highest BCUT2D eigenvalue weighted by Crippen LogP contribution is 2.19. The quantitative estimate of drug-likeness (QED) is 0.726. The monoisotopic (exact) mass is 416 g/mol. The van der Waals surface area contributed by atoms with Gasteiger partial charge < -0.3 is 9.64 Å². The van der Waals surface area contributed by atoms with Crippen molar-refractivity contribution in [2.45, 2.75) is 31.1 Å². The fourth-order valence-electron chi connectivity index (χ4n) is 3.44. The maximum Gasteiger partial charge on any atom is 0.243 e. The Morgan fingerprint density at radius 2 is 1.66 bits per heavy atom. The van der Waals surface area contributed by atoms with Crippen LogP contribution in [0.15, 0.2) is 53.4 Å². The van der Waals surface area contributed by atoms with Crippen LogP contribution < -0.4 is 4.74 Å². The van der Waals surface area contributed by atoms with Crippen molar-refractivity contribution in [2.75, 3.05) is 33.3 Å². The van der Waals surface area contributed by atoms with Crippen molar-refractivity contribution in [2.24, 2.45) is 0 Å². The van der Waals surface area contributed by atoms with E-state index in [2.05, 4.69) is 0 Å². The van der Waals surface area contributed by atoms with Crippen LogP contribution in [-0.2, 0) is 21.2 Å². The number of hydrogen-bond acceptors (Lipinski definition) is 4. The summed E-state index contributed by atoms with van der Waals surface area (Å²) in [4.78, 5) is 14.7. The standard InChI is InChI=1S/C22H28N2O4S/c1-18-4-11-21(12-5-18)29(26,27)24-15-3-14-23(16-17-24)22(25)13-8-19-6-9-20(28-2)10-7-19/h4-7,9-12H,3,8,13-17H2,1-2H3. The van der Waals surface area contributed by atoms with Crippen molar-refractivity contribution in [3.8, 4) is 5.75 Å². The van der Waals surface area contributed by atoms with E-state index in [-0.39, 0.29) is 5.91 Å². The Labute approximate surface area is 173 Å². The summed E-state index contributed by atoms with van der Waals surface area (Å²) in [5.41, 5.74) is 2.10. The summed E-state index contributed by atoms with van der Waals surface area (Å²) in [7, 11) is -1.90. The van der Waals surface area contributed by atoms with E-state index in [4.69, 9.17) is 4.74 Å². The summed E-state index contributed by atoms with van der Waals surface area (Å²) >= 11 is 0. The number of amides is 1. The van der Waals surface area contributed by atoms with Crippen LogP contribution in [0, 0.1) is 6.92 Å². The van der Waals surface area contributed by atoms with Crippen LogP contribution >= 0.6 is 0 Å². The normalized spacial score (nSPS) is 15.7. The number of carbonyl (C=O) groups is 1. The molecule has 7 heteroatoms. The number of carbonyl (C=O) groups excluding carboxylic acids is 1. The van der Waals surface area contributed by atoms with Crippen LogP contribution in [0.2, 0.25) is 0 Å². The Balaban J connectivity index is 1.57. The first-order valence-corrected chi connectivity index (χ1v) is 11.3. The van der Waals surface area contributed by atoms with Crippen molar-refractivity contribution < 1.29 is 17.9 Å². The minimum Gasteiger partial charge on any atom is -0.497 e. The van der Waals surface area contributed by atoms with Gasteiger partial charge in [0.05, 0.1) is 12.0 Å². The molecule has 0 aliphatic carbocycles. The highest BCUT2D eigenvalue weighted by Gasteiger charge is 2.28. The Morgan fingerprint density at radius 1 is 0.966 bits per heavy atom. The summed E-state index contributed by atoms with van der Waals surface area (Å²) in [5, 5.41) is 0. The van der Waals surface area contributed by atoms with Crippen LogP contribution in [0.25, 0.3) is 0 Å². The Morgan fingerprint density at radius 3 is 2.31 bits per heavy atom. The molecule has 0 saturated carbocycles. The van der Waals surface area contributed by atoms with E-state index < -0.39 is 10.0 Å². The molecule has 2 aromatic carbocycles. The van der Waals surface area contributed by atoms with E-state index in [1.807, 2.05) is 31.2 Å². The summed E-state index contributed by atoms with van der Waals surface area (Å²) < 4.78 is 32.5. The molecule has 0 radical (unpaired) electrons. The van der Waals surface area contributed by atoms with Gasteiger partial charge in [-0.2, -0.15) is 4.31 Å². The number of methoxy groups -OCH3 is 1. The number of benzene rings is 2. The predicted molar refractivity (Wildman–Crippen MR) is 112 cm³/mol. The molecule has 0 spiro atoms. The number of aryl methyl sites for hydroxylation is 2. The lowest BCUT2D eigenvalue weighted by Gasteiger charge is -2.22. The topological polar surface area (TPSA) is 66.9 Å². The molecule has 29 heavy (non-hydrogen) atoms. The molecule has 0 N–H and O–H groups in total. The maximum atomic E-state index is 12.9. The average molecular weight is 417 g/mol. The molecule has 1 saturated heterocycles. The van der Waals surface area contributed by atoms with E-state index in [9.17, 15) is 13.2 Å². The van der Waals surface area contributed by atoms with Crippen LogP contribution in [0.3, 0.4) is 0 Å². The van der Waals surface area contributed by atoms with E-state index in [1.165, 1.54) is 4.31 Å². The zero-order chi connectivity index (χ0) is 20.9. The molecule has 0 unspecified atom stereocenters. The van der Waals surface area contributed by atoms with Crippen molar-refractivity contribution in [3.63, 3.8) is 0 Å². The molecule has 156 valence electrons. The molecule has 0 bridgehead atoms. The zero-order valence-electron chi connectivity index (χ0n) is 17.0. The van der Waals surface area contributed by atoms with Gasteiger partial charge in [0, 0.05) is 32.6 Å². The number of rotatable bonds is 6. The third-order valence-corrected chi connectivity index (χ3v) is 7.17. The van der Waals surface area contributed by atoms with Crippen molar-refractivity contribution in [1.29, 1.82) is 0 Å². The lowest BCUT2D eigenvalue weighted by atomic mass is 10.1. The van der Waals surface area contributed by atoms with Crippen LogP contribution in [-0.4, -0.2) is 56.8 Å². The molecule has 1 amide bonds. The zero-order valence-corrected chi connectivity index (χ0v) is 17.8. The summed E-state index contributed by atoms with van der Waals surface area (Å²) in [6.07, 6.45) is 1.71. The molecule has 1 fully saturated rings. The van der Waals surface area contributed by atoms with Gasteiger partial charge >= 0.3 is 0 Å². The van der Waals surface area contributed by atoms with Gasteiger partial charge in [-0.1, -0.05) is 29.8 Å². The van der Waals surface area contributed by atoms with E-state index in [0.717, 1.165) is 16.9 Å². The second-order valence-electron chi connectivity index (χ2n) is 7.30. The number of sulfonamides is 1. The molecule has 0 aromatic heterocycles. The largest absolute Gasteiger partial charge is 0.497 e. The van der Waals surface area contributed by atoms with E-state index >= 15 is 0 Å². The van der Waals surface area contributed by atoms with Gasteiger partial charge in [-0.15, -0.1) is 0 Å². The van der Waals surface area contributed by atoms with Crippen molar-refractivity contribution >= 4 is 15.9 Å². The summed E-state index contributed by atoms with van der Waals surface area (Å²) in [6.45, 7) is 3.69. The maximum absolute atomic E-state index is 12.9. The first-order valence-electron chi connectivity index (χ1n) is 9.87. The van der Waals surface area contributed by atoms with Gasteiger partial charge in [0.15, 0.2) is 0 Å². The van der Waals surface area contributed by atoms with Gasteiger partial charge in [-0.25, -0.2) is 8.42 Å². The molecule has 2 aromatic rings. The number of ether oxygens (including phenoxy) is 1. The van der Waals surface area contributed by atoms with Gasteiger partial charge in [0.2, 0.25) is 15.9 Å². The number of hydrogen-bond donors (Lipinski definition) is 0. The molecular weight excluding hydrogens is 388 g/mol. The van der Waals surface area contributed by atoms with Gasteiger partial charge in [0.25, 0.3) is 0 Å². The highest BCUT2D eigenvalue weighted by molar-refractivity contribution is 7.89. The van der Waals surface area contributed by atoms with Gasteiger partial charge in [-0.3, -0.25) is 4.79 Å².